The van der Waals surface area contributed by atoms with E-state index in [-0.39, 0.29) is 5.91 Å². The minimum Gasteiger partial charge on any atom is -0.346 e. The number of carbonyl (C=O) groups excluding carboxylic acids is 1. The zero-order chi connectivity index (χ0) is 4.41. The van der Waals surface area contributed by atoms with Gasteiger partial charge in [0.15, 0.2) is 0 Å². The second-order valence-corrected chi connectivity index (χ2v) is 1.83. The van der Waals surface area contributed by atoms with Crippen LogP contribution in [0.5, 0.6) is 0 Å². The molecule has 0 aromatic rings. The molecule has 1 N–H and O–H groups in total. The first-order valence-electron chi connectivity index (χ1n) is 1.62. The quantitative estimate of drug-likeness (QED) is 0.465. The van der Waals surface area contributed by atoms with Crippen molar-refractivity contribution in [3.05, 3.63) is 5.75 Å². The molecule has 1 fully saturated rings. The van der Waals surface area contributed by atoms with Gasteiger partial charge in [0.05, 0.1) is 5.88 Å². The van der Waals surface area contributed by atoms with Gasteiger partial charge >= 0.3 is 0 Å². The molecule has 1 rings (SSSR count). The molecule has 1 heterocycles. The zero-order valence-corrected chi connectivity index (χ0v) is 3.92. The third-order valence-electron chi connectivity index (χ3n) is 0.520. The average Bonchev–Trinajstić information content (AvgIpc) is 1.86. The second kappa shape index (κ2) is 1.51. The Morgan fingerprint density at radius 3 is 3.00 bits per heavy atom. The van der Waals surface area contributed by atoms with Crippen molar-refractivity contribution in [1.82, 2.24) is 5.32 Å². The number of hydrogen-bond acceptors (Lipinski definition) is 2. The first kappa shape index (κ1) is 3.99. The number of amides is 1. The first-order valence-corrected chi connectivity index (χ1v) is 2.67. The van der Waals surface area contributed by atoms with Crippen LogP contribution in [0.2, 0.25) is 0 Å². The maximum atomic E-state index is 10.1. The SMILES string of the molecule is O=C1[CH]SCN1. The molecule has 0 aromatic heterocycles. The van der Waals surface area contributed by atoms with Gasteiger partial charge in [-0.2, -0.15) is 0 Å². The van der Waals surface area contributed by atoms with Gasteiger partial charge in [0.2, 0.25) is 5.91 Å². The van der Waals surface area contributed by atoms with Crippen LogP contribution in [0.1, 0.15) is 0 Å². The summed E-state index contributed by atoms with van der Waals surface area (Å²) in [5.74, 6) is 2.36. The minimum absolute atomic E-state index is 0.0417. The largest absolute Gasteiger partial charge is 0.346 e. The predicted octanol–water partition coefficient (Wildman–Crippen LogP) is -0.0313. The van der Waals surface area contributed by atoms with Crippen LogP contribution in [0, 0.1) is 5.75 Å². The maximum Gasteiger partial charge on any atom is 0.235 e. The van der Waals surface area contributed by atoms with Crippen LogP contribution in [0.25, 0.3) is 0 Å². The van der Waals surface area contributed by atoms with Crippen molar-refractivity contribution in [2.45, 2.75) is 0 Å². The number of rotatable bonds is 0. The van der Waals surface area contributed by atoms with Crippen molar-refractivity contribution >= 4 is 17.7 Å². The maximum absolute atomic E-state index is 10.1. The van der Waals surface area contributed by atoms with Gasteiger partial charge in [0.1, 0.15) is 5.75 Å². The topological polar surface area (TPSA) is 29.1 Å². The second-order valence-electron chi connectivity index (χ2n) is 0.970. The summed E-state index contributed by atoms with van der Waals surface area (Å²) in [6.45, 7) is 0. The Morgan fingerprint density at radius 1 is 2.00 bits per heavy atom. The number of nitrogens with one attached hydrogen (secondary N) is 1. The molecule has 1 saturated heterocycles. The molecule has 1 aliphatic rings. The predicted molar refractivity (Wildman–Crippen MR) is 24.9 cm³/mol. The van der Waals surface area contributed by atoms with Gasteiger partial charge in [-0.25, -0.2) is 0 Å². The van der Waals surface area contributed by atoms with E-state index < -0.39 is 0 Å². The molecule has 0 atom stereocenters. The first-order chi connectivity index (χ1) is 2.89. The van der Waals surface area contributed by atoms with E-state index in [0.717, 1.165) is 5.88 Å². The van der Waals surface area contributed by atoms with Crippen LogP contribution in [0.4, 0.5) is 0 Å². The highest BCUT2D eigenvalue weighted by atomic mass is 32.2. The summed E-state index contributed by atoms with van der Waals surface area (Å²) in [4.78, 5) is 10.1. The summed E-state index contributed by atoms with van der Waals surface area (Å²) in [6, 6.07) is 0. The Bertz CT molecular complexity index is 65.2. The lowest BCUT2D eigenvalue weighted by Gasteiger charge is -1.78. The minimum atomic E-state index is 0.0417. The molecule has 0 saturated carbocycles. The van der Waals surface area contributed by atoms with Crippen LogP contribution in [0.3, 0.4) is 0 Å². The van der Waals surface area contributed by atoms with E-state index in [9.17, 15) is 4.79 Å². The fraction of sp³-hybridized carbons (Fsp3) is 0.333. The van der Waals surface area contributed by atoms with Crippen molar-refractivity contribution in [3.8, 4) is 0 Å². The third-order valence-corrected chi connectivity index (χ3v) is 1.21. The molecule has 1 amide bonds. The van der Waals surface area contributed by atoms with E-state index in [1.54, 1.807) is 5.75 Å². The van der Waals surface area contributed by atoms with Crippen molar-refractivity contribution in [2.75, 3.05) is 5.88 Å². The molecule has 2 nitrogen and oxygen atoms in total. The Labute approximate surface area is 40.3 Å². The van der Waals surface area contributed by atoms with Gasteiger partial charge in [-0.1, -0.05) is 0 Å². The molecule has 0 unspecified atom stereocenters. The number of hydrogen-bond donors (Lipinski definition) is 1. The molecule has 0 spiro atoms. The van der Waals surface area contributed by atoms with Crippen molar-refractivity contribution < 1.29 is 4.79 Å². The number of thioether (sulfide) groups is 1. The molecule has 3 heteroatoms. The van der Waals surface area contributed by atoms with Gasteiger partial charge in [-0.3, -0.25) is 4.79 Å². The molecular formula is C3H4NOS. The van der Waals surface area contributed by atoms with Crippen molar-refractivity contribution in [2.24, 2.45) is 0 Å². The van der Waals surface area contributed by atoms with E-state index in [0.29, 0.717) is 0 Å². The van der Waals surface area contributed by atoms with Crippen LogP contribution < -0.4 is 5.32 Å². The Hall–Kier alpha value is -0.180. The standard InChI is InChI=1S/C3H4NOS/c5-3-1-6-2-4-3/h1H,2H2,(H,4,5). The molecule has 0 aliphatic carbocycles. The Morgan fingerprint density at radius 2 is 2.83 bits per heavy atom. The van der Waals surface area contributed by atoms with Crippen LogP contribution in [-0.4, -0.2) is 11.8 Å². The van der Waals surface area contributed by atoms with Crippen molar-refractivity contribution in [1.29, 1.82) is 0 Å². The fourth-order valence-electron chi connectivity index (χ4n) is 0.272. The van der Waals surface area contributed by atoms with Crippen LogP contribution in [0.15, 0.2) is 0 Å². The molecule has 0 bridgehead atoms. The monoisotopic (exact) mass is 102 g/mol. The molecule has 33 valence electrons. The zero-order valence-electron chi connectivity index (χ0n) is 3.10. The van der Waals surface area contributed by atoms with Gasteiger partial charge < -0.3 is 5.32 Å². The highest BCUT2D eigenvalue weighted by molar-refractivity contribution is 8.02. The van der Waals surface area contributed by atoms with E-state index in [2.05, 4.69) is 5.32 Å². The summed E-state index contributed by atoms with van der Waals surface area (Å²) in [6.07, 6.45) is 0. The molecule has 1 aliphatic heterocycles. The van der Waals surface area contributed by atoms with E-state index >= 15 is 0 Å². The Kier molecular flexibility index (Phi) is 1.01. The molecular weight excluding hydrogens is 98.1 g/mol. The van der Waals surface area contributed by atoms with Gasteiger partial charge in [0.25, 0.3) is 0 Å². The fourth-order valence-corrected chi connectivity index (χ4v) is 0.815. The summed E-state index contributed by atoms with van der Waals surface area (Å²) in [5, 5.41) is 2.59. The van der Waals surface area contributed by atoms with Crippen LogP contribution in [-0.2, 0) is 4.79 Å². The molecule has 0 aromatic carbocycles. The van der Waals surface area contributed by atoms with E-state index in [1.807, 2.05) is 0 Å². The highest BCUT2D eigenvalue weighted by Crippen LogP contribution is 2.07. The van der Waals surface area contributed by atoms with Gasteiger partial charge in [0, 0.05) is 0 Å². The van der Waals surface area contributed by atoms with Gasteiger partial charge in [-0.05, 0) is 0 Å². The lowest BCUT2D eigenvalue weighted by Crippen LogP contribution is -2.12. The lowest BCUT2D eigenvalue weighted by atomic mass is 10.7. The summed E-state index contributed by atoms with van der Waals surface area (Å²) in [5.41, 5.74) is 0. The highest BCUT2D eigenvalue weighted by Gasteiger charge is 2.06. The molecule has 6 heavy (non-hydrogen) atoms. The van der Waals surface area contributed by atoms with Crippen LogP contribution >= 0.6 is 11.8 Å². The smallest absolute Gasteiger partial charge is 0.235 e. The summed E-state index contributed by atoms with van der Waals surface area (Å²) in [7, 11) is 0. The Balaban J connectivity index is 2.37. The number of carbonyl (C=O) groups is 1. The average molecular weight is 102 g/mol. The van der Waals surface area contributed by atoms with Gasteiger partial charge in [-0.15, -0.1) is 11.8 Å². The summed E-state index contributed by atoms with van der Waals surface area (Å²) < 4.78 is 0. The summed E-state index contributed by atoms with van der Waals surface area (Å²) >= 11 is 1.50. The third kappa shape index (κ3) is 0.653. The van der Waals surface area contributed by atoms with E-state index in [4.69, 9.17) is 0 Å². The van der Waals surface area contributed by atoms with Crippen molar-refractivity contribution in [3.63, 3.8) is 0 Å². The normalized spacial score (nSPS) is 21.0. The van der Waals surface area contributed by atoms with E-state index in [1.165, 1.54) is 11.8 Å². The molecule has 1 radical (unpaired) electrons. The lowest BCUT2D eigenvalue weighted by molar-refractivity contribution is -0.116.